The summed E-state index contributed by atoms with van der Waals surface area (Å²) in [6, 6.07) is 7.65. The first-order chi connectivity index (χ1) is 12.3. The fourth-order valence-corrected chi connectivity index (χ4v) is 2.87. The summed E-state index contributed by atoms with van der Waals surface area (Å²) in [4.78, 5) is 28.1. The topological polar surface area (TPSA) is 61.9 Å². The van der Waals surface area contributed by atoms with Crippen LogP contribution in [0.2, 0.25) is 0 Å². The van der Waals surface area contributed by atoms with E-state index in [2.05, 4.69) is 19.2 Å². The maximum Gasteiger partial charge on any atom is 0.236 e. The molecule has 0 radical (unpaired) electrons. The van der Waals surface area contributed by atoms with Crippen molar-refractivity contribution in [3.8, 4) is 5.75 Å². The van der Waals surface area contributed by atoms with Crippen LogP contribution in [0, 0.1) is 5.92 Å². The number of methoxy groups -OCH3 is 1. The molecular weight excluding hydrogens is 330 g/mol. The lowest BCUT2D eigenvalue weighted by molar-refractivity contribution is -0.132. The van der Waals surface area contributed by atoms with Gasteiger partial charge in [0.05, 0.1) is 26.2 Å². The molecular formula is C20H33N3O3. The van der Waals surface area contributed by atoms with Crippen LogP contribution in [0.25, 0.3) is 0 Å². The number of rotatable bonds is 10. The summed E-state index contributed by atoms with van der Waals surface area (Å²) in [5.74, 6) is 0.988. The molecule has 0 saturated heterocycles. The Morgan fingerprint density at radius 2 is 1.65 bits per heavy atom. The Labute approximate surface area is 157 Å². The molecule has 1 unspecified atom stereocenters. The van der Waals surface area contributed by atoms with E-state index in [4.69, 9.17) is 4.74 Å². The highest BCUT2D eigenvalue weighted by molar-refractivity contribution is 5.81. The van der Waals surface area contributed by atoms with Crippen LogP contribution >= 0.6 is 0 Å². The summed E-state index contributed by atoms with van der Waals surface area (Å²) >= 11 is 0. The van der Waals surface area contributed by atoms with Crippen molar-refractivity contribution in [1.29, 1.82) is 0 Å². The van der Waals surface area contributed by atoms with Crippen LogP contribution < -0.4 is 10.1 Å². The van der Waals surface area contributed by atoms with Crippen molar-refractivity contribution < 1.29 is 14.3 Å². The molecule has 26 heavy (non-hydrogen) atoms. The van der Waals surface area contributed by atoms with Gasteiger partial charge in [0.15, 0.2) is 0 Å². The molecule has 0 spiro atoms. The largest absolute Gasteiger partial charge is 0.497 e. The smallest absolute Gasteiger partial charge is 0.236 e. The summed E-state index contributed by atoms with van der Waals surface area (Å²) in [6.07, 6.45) is 0. The molecule has 1 atom stereocenters. The Kier molecular flexibility index (Phi) is 9.13. The molecule has 0 heterocycles. The zero-order chi connectivity index (χ0) is 19.7. The Morgan fingerprint density at radius 1 is 1.08 bits per heavy atom. The van der Waals surface area contributed by atoms with Crippen LogP contribution in [0.5, 0.6) is 5.75 Å². The number of benzene rings is 1. The summed E-state index contributed by atoms with van der Waals surface area (Å²) in [7, 11) is 3.42. The standard InChI is InChI=1S/C20H33N3O3/c1-7-23(8-2)19(25)14-22(5)13-18(24)21-20(15(3)4)16-9-11-17(26-6)12-10-16/h9-12,15,20H,7-8,13-14H2,1-6H3,(H,21,24). The average molecular weight is 364 g/mol. The van der Waals surface area contributed by atoms with Crippen LogP contribution in [0.3, 0.4) is 0 Å². The quantitative estimate of drug-likeness (QED) is 0.693. The second kappa shape index (κ2) is 10.8. The first-order valence-electron chi connectivity index (χ1n) is 9.21. The van der Waals surface area contributed by atoms with E-state index in [1.165, 1.54) is 0 Å². The monoisotopic (exact) mass is 363 g/mol. The van der Waals surface area contributed by atoms with Crippen molar-refractivity contribution >= 4 is 11.8 Å². The zero-order valence-corrected chi connectivity index (χ0v) is 16.9. The first kappa shape index (κ1) is 22.0. The molecule has 0 aliphatic heterocycles. The van der Waals surface area contributed by atoms with E-state index in [0.29, 0.717) is 13.1 Å². The maximum absolute atomic E-state index is 12.5. The summed E-state index contributed by atoms with van der Waals surface area (Å²) in [6.45, 7) is 9.85. The van der Waals surface area contributed by atoms with E-state index in [1.54, 1.807) is 24.0 Å². The third kappa shape index (κ3) is 6.67. The number of carbonyl (C=O) groups excluding carboxylic acids is 2. The third-order valence-corrected chi connectivity index (χ3v) is 4.39. The van der Waals surface area contributed by atoms with Gasteiger partial charge in [-0.1, -0.05) is 26.0 Å². The molecule has 6 heteroatoms. The molecule has 2 amide bonds. The third-order valence-electron chi connectivity index (χ3n) is 4.39. The fraction of sp³-hybridized carbons (Fsp3) is 0.600. The predicted octanol–water partition coefficient (Wildman–Crippen LogP) is 2.31. The Hall–Kier alpha value is -2.08. The van der Waals surface area contributed by atoms with Crippen LogP contribution in [0.4, 0.5) is 0 Å². The normalized spacial score (nSPS) is 12.2. The number of hydrogen-bond acceptors (Lipinski definition) is 4. The number of carbonyl (C=O) groups is 2. The van der Waals surface area contributed by atoms with Crippen molar-refractivity contribution in [3.63, 3.8) is 0 Å². The fourth-order valence-electron chi connectivity index (χ4n) is 2.87. The lowest BCUT2D eigenvalue weighted by Crippen LogP contribution is -2.43. The number of nitrogens with zero attached hydrogens (tertiary/aromatic N) is 2. The van der Waals surface area contributed by atoms with Gasteiger partial charge in [0.1, 0.15) is 5.75 Å². The minimum Gasteiger partial charge on any atom is -0.497 e. The van der Waals surface area contributed by atoms with Crippen LogP contribution in [0.1, 0.15) is 39.3 Å². The van der Waals surface area contributed by atoms with Crippen LogP contribution in [-0.4, -0.2) is 62.0 Å². The van der Waals surface area contributed by atoms with Crippen molar-refractivity contribution in [2.45, 2.75) is 33.7 Å². The number of hydrogen-bond donors (Lipinski definition) is 1. The minimum absolute atomic E-state index is 0.0425. The van der Waals surface area contributed by atoms with Crippen molar-refractivity contribution in [3.05, 3.63) is 29.8 Å². The average Bonchev–Trinajstić information content (AvgIpc) is 2.60. The van der Waals surface area contributed by atoms with E-state index in [1.807, 2.05) is 38.1 Å². The van der Waals surface area contributed by atoms with Gasteiger partial charge in [-0.3, -0.25) is 14.5 Å². The molecule has 6 nitrogen and oxygen atoms in total. The molecule has 0 bridgehead atoms. The number of likely N-dealkylation sites (N-methyl/N-ethyl adjacent to an activating group) is 2. The summed E-state index contributed by atoms with van der Waals surface area (Å²) < 4.78 is 5.19. The van der Waals surface area contributed by atoms with E-state index < -0.39 is 0 Å². The summed E-state index contributed by atoms with van der Waals surface area (Å²) in [5.41, 5.74) is 1.04. The summed E-state index contributed by atoms with van der Waals surface area (Å²) in [5, 5.41) is 3.09. The second-order valence-corrected chi connectivity index (χ2v) is 6.80. The second-order valence-electron chi connectivity index (χ2n) is 6.80. The highest BCUT2D eigenvalue weighted by atomic mass is 16.5. The van der Waals surface area contributed by atoms with Gasteiger partial charge in [0, 0.05) is 13.1 Å². The molecule has 0 aliphatic carbocycles. The maximum atomic E-state index is 12.5. The van der Waals surface area contributed by atoms with Gasteiger partial charge in [0.25, 0.3) is 0 Å². The van der Waals surface area contributed by atoms with Gasteiger partial charge < -0.3 is 15.0 Å². The van der Waals surface area contributed by atoms with Crippen LogP contribution in [0.15, 0.2) is 24.3 Å². The zero-order valence-electron chi connectivity index (χ0n) is 16.9. The molecule has 146 valence electrons. The number of amides is 2. The molecule has 1 aromatic rings. The highest BCUT2D eigenvalue weighted by Crippen LogP contribution is 2.23. The predicted molar refractivity (Wildman–Crippen MR) is 104 cm³/mol. The van der Waals surface area contributed by atoms with Crippen LogP contribution in [-0.2, 0) is 9.59 Å². The Bertz CT molecular complexity index is 568. The van der Waals surface area contributed by atoms with E-state index in [-0.39, 0.29) is 36.9 Å². The van der Waals surface area contributed by atoms with Gasteiger partial charge in [0.2, 0.25) is 11.8 Å². The molecule has 0 aromatic heterocycles. The van der Waals surface area contributed by atoms with Crippen molar-refractivity contribution in [1.82, 2.24) is 15.1 Å². The highest BCUT2D eigenvalue weighted by Gasteiger charge is 2.20. The van der Waals surface area contributed by atoms with E-state index in [9.17, 15) is 9.59 Å². The van der Waals surface area contributed by atoms with E-state index in [0.717, 1.165) is 11.3 Å². The van der Waals surface area contributed by atoms with Gasteiger partial charge in [-0.25, -0.2) is 0 Å². The van der Waals surface area contributed by atoms with Gasteiger partial charge in [-0.2, -0.15) is 0 Å². The SMILES string of the molecule is CCN(CC)C(=O)CN(C)CC(=O)NC(c1ccc(OC)cc1)C(C)C. The van der Waals surface area contributed by atoms with Gasteiger partial charge in [-0.05, 0) is 44.5 Å². The Morgan fingerprint density at radius 3 is 2.12 bits per heavy atom. The molecule has 0 fully saturated rings. The molecule has 1 aromatic carbocycles. The van der Waals surface area contributed by atoms with Gasteiger partial charge in [-0.15, -0.1) is 0 Å². The molecule has 0 saturated carbocycles. The van der Waals surface area contributed by atoms with Gasteiger partial charge >= 0.3 is 0 Å². The van der Waals surface area contributed by atoms with Crippen molar-refractivity contribution in [2.24, 2.45) is 5.92 Å². The molecule has 0 aliphatic rings. The lowest BCUT2D eigenvalue weighted by atomic mass is 9.96. The first-order valence-corrected chi connectivity index (χ1v) is 9.21. The Balaban J connectivity index is 2.65. The number of nitrogens with one attached hydrogen (secondary N) is 1. The number of ether oxygens (including phenoxy) is 1. The molecule has 1 rings (SSSR count). The minimum atomic E-state index is -0.0886. The molecule has 1 N–H and O–H groups in total. The van der Waals surface area contributed by atoms with Crippen molar-refractivity contribution in [2.75, 3.05) is 40.3 Å². The van der Waals surface area contributed by atoms with E-state index >= 15 is 0 Å². The lowest BCUT2D eigenvalue weighted by Gasteiger charge is -2.26.